The molecular formula is C13H17N5O3. The number of hydrogen-bond acceptors (Lipinski definition) is 7. The first-order chi connectivity index (χ1) is 10.1. The smallest absolute Gasteiger partial charge is 0.167 e. The van der Waals surface area contributed by atoms with Gasteiger partial charge >= 0.3 is 0 Å². The number of hydrogen-bond donors (Lipinski definition) is 3. The summed E-state index contributed by atoms with van der Waals surface area (Å²) in [4.78, 5) is 12.2. The second kappa shape index (κ2) is 4.62. The van der Waals surface area contributed by atoms with E-state index in [0.717, 1.165) is 6.42 Å². The lowest BCUT2D eigenvalue weighted by Crippen LogP contribution is -2.31. The molecule has 3 heterocycles. The van der Waals surface area contributed by atoms with Crippen LogP contribution in [0.1, 0.15) is 25.5 Å². The first kappa shape index (κ1) is 12.9. The lowest BCUT2D eigenvalue weighted by atomic mass is 10.1. The molecule has 1 saturated heterocycles. The Labute approximate surface area is 120 Å². The number of aromatic nitrogens is 4. The number of aliphatic hydroxyl groups excluding tert-OH is 2. The van der Waals surface area contributed by atoms with Gasteiger partial charge in [-0.15, -0.1) is 0 Å². The number of imidazole rings is 1. The molecule has 4 atom stereocenters. The van der Waals surface area contributed by atoms with E-state index >= 15 is 0 Å². The molecule has 4 rings (SSSR count). The minimum Gasteiger partial charge on any atom is -0.388 e. The minimum atomic E-state index is -1.01. The predicted octanol–water partition coefficient (Wildman–Crippen LogP) is -0.172. The summed E-state index contributed by atoms with van der Waals surface area (Å²) in [7, 11) is 0. The molecule has 8 heteroatoms. The molecule has 0 bridgehead atoms. The maximum Gasteiger partial charge on any atom is 0.167 e. The fourth-order valence-electron chi connectivity index (χ4n) is 2.89. The van der Waals surface area contributed by atoms with Crippen molar-refractivity contribution in [2.75, 3.05) is 5.73 Å². The van der Waals surface area contributed by atoms with Crippen molar-refractivity contribution in [2.24, 2.45) is 5.92 Å². The summed E-state index contributed by atoms with van der Waals surface area (Å²) in [5.41, 5.74) is 6.71. The zero-order valence-electron chi connectivity index (χ0n) is 11.3. The quantitative estimate of drug-likeness (QED) is 0.718. The van der Waals surface area contributed by atoms with Crippen molar-refractivity contribution in [3.63, 3.8) is 0 Å². The van der Waals surface area contributed by atoms with Crippen LogP contribution in [0, 0.1) is 5.92 Å². The molecule has 0 spiro atoms. The highest BCUT2D eigenvalue weighted by atomic mass is 16.6. The number of ether oxygens (including phenoxy) is 1. The van der Waals surface area contributed by atoms with Crippen molar-refractivity contribution in [3.8, 4) is 0 Å². The van der Waals surface area contributed by atoms with Crippen molar-refractivity contribution in [3.05, 3.63) is 12.7 Å². The third-order valence-electron chi connectivity index (χ3n) is 4.26. The van der Waals surface area contributed by atoms with Crippen molar-refractivity contribution in [1.29, 1.82) is 0 Å². The van der Waals surface area contributed by atoms with Crippen LogP contribution in [-0.4, -0.2) is 48.0 Å². The second-order valence-corrected chi connectivity index (χ2v) is 5.81. The highest BCUT2D eigenvalue weighted by Crippen LogP contribution is 2.40. The Kier molecular flexibility index (Phi) is 2.84. The van der Waals surface area contributed by atoms with Crippen LogP contribution in [0.5, 0.6) is 0 Å². The molecule has 0 aromatic carbocycles. The van der Waals surface area contributed by atoms with E-state index in [2.05, 4.69) is 15.0 Å². The van der Waals surface area contributed by atoms with E-state index in [9.17, 15) is 10.2 Å². The molecule has 21 heavy (non-hydrogen) atoms. The molecule has 2 aromatic heterocycles. The Morgan fingerprint density at radius 1 is 1.24 bits per heavy atom. The highest BCUT2D eigenvalue weighted by molar-refractivity contribution is 5.81. The van der Waals surface area contributed by atoms with Gasteiger partial charge in [0, 0.05) is 0 Å². The summed E-state index contributed by atoms with van der Waals surface area (Å²) >= 11 is 0. The average Bonchev–Trinajstić information content (AvgIpc) is 3.12. The van der Waals surface area contributed by atoms with Crippen LogP contribution >= 0.6 is 0 Å². The van der Waals surface area contributed by atoms with Gasteiger partial charge in [-0.1, -0.05) is 12.8 Å². The maximum absolute atomic E-state index is 10.3. The SMILES string of the molecule is Nc1ncnc2c1ncn2[C@@H]1O[C@H](CC2CC2)C(O)[C@@H]1O. The van der Waals surface area contributed by atoms with Gasteiger partial charge in [-0.3, -0.25) is 4.57 Å². The van der Waals surface area contributed by atoms with Gasteiger partial charge in [0.15, 0.2) is 17.7 Å². The molecule has 4 N–H and O–H groups in total. The Bertz CT molecular complexity index is 671. The molecule has 2 aromatic rings. The molecule has 0 radical (unpaired) electrons. The van der Waals surface area contributed by atoms with Gasteiger partial charge in [0.2, 0.25) is 0 Å². The molecule has 1 aliphatic heterocycles. The Balaban J connectivity index is 1.66. The van der Waals surface area contributed by atoms with Gasteiger partial charge in [-0.2, -0.15) is 0 Å². The van der Waals surface area contributed by atoms with E-state index in [1.165, 1.54) is 25.5 Å². The van der Waals surface area contributed by atoms with Gasteiger partial charge in [-0.25, -0.2) is 15.0 Å². The largest absolute Gasteiger partial charge is 0.388 e. The van der Waals surface area contributed by atoms with Crippen LogP contribution in [0.2, 0.25) is 0 Å². The molecule has 2 fully saturated rings. The molecule has 1 unspecified atom stereocenters. The van der Waals surface area contributed by atoms with Crippen LogP contribution in [-0.2, 0) is 4.74 Å². The minimum absolute atomic E-state index is 0.279. The number of rotatable bonds is 3. The topological polar surface area (TPSA) is 119 Å². The molecule has 2 aliphatic rings. The summed E-state index contributed by atoms with van der Waals surface area (Å²) in [6, 6.07) is 0. The lowest BCUT2D eigenvalue weighted by molar-refractivity contribution is -0.0383. The number of aliphatic hydroxyl groups is 2. The van der Waals surface area contributed by atoms with Gasteiger partial charge in [0.05, 0.1) is 12.4 Å². The molecule has 0 amide bonds. The number of nitrogens with two attached hydrogens (primary N) is 1. The number of nitrogen functional groups attached to an aromatic ring is 1. The predicted molar refractivity (Wildman–Crippen MR) is 73.0 cm³/mol. The summed E-state index contributed by atoms with van der Waals surface area (Å²) in [6.07, 6.45) is 3.01. The first-order valence-corrected chi connectivity index (χ1v) is 7.09. The average molecular weight is 291 g/mol. The fraction of sp³-hybridized carbons (Fsp3) is 0.615. The van der Waals surface area contributed by atoms with E-state index in [-0.39, 0.29) is 11.9 Å². The lowest BCUT2D eigenvalue weighted by Gasteiger charge is -2.16. The normalized spacial score (nSPS) is 32.9. The van der Waals surface area contributed by atoms with Crippen molar-refractivity contribution in [2.45, 2.75) is 43.8 Å². The zero-order valence-corrected chi connectivity index (χ0v) is 11.3. The molecule has 112 valence electrons. The van der Waals surface area contributed by atoms with E-state index in [1.54, 1.807) is 4.57 Å². The van der Waals surface area contributed by atoms with Crippen LogP contribution < -0.4 is 5.73 Å². The molecule has 1 aliphatic carbocycles. The fourth-order valence-corrected chi connectivity index (χ4v) is 2.89. The van der Waals surface area contributed by atoms with Crippen molar-refractivity contribution >= 4 is 17.0 Å². The zero-order chi connectivity index (χ0) is 14.6. The van der Waals surface area contributed by atoms with Gasteiger partial charge in [0.1, 0.15) is 24.1 Å². The van der Waals surface area contributed by atoms with Gasteiger partial charge < -0.3 is 20.7 Å². The summed E-state index contributed by atoms with van der Waals surface area (Å²) < 4.78 is 7.46. The number of anilines is 1. The Morgan fingerprint density at radius 3 is 2.81 bits per heavy atom. The van der Waals surface area contributed by atoms with Crippen LogP contribution in [0.25, 0.3) is 11.2 Å². The van der Waals surface area contributed by atoms with Crippen molar-refractivity contribution in [1.82, 2.24) is 19.5 Å². The van der Waals surface area contributed by atoms with E-state index in [1.807, 2.05) is 0 Å². The summed E-state index contributed by atoms with van der Waals surface area (Å²) in [6.45, 7) is 0. The van der Waals surface area contributed by atoms with E-state index in [4.69, 9.17) is 10.5 Å². The highest BCUT2D eigenvalue weighted by Gasteiger charge is 2.45. The second-order valence-electron chi connectivity index (χ2n) is 5.81. The van der Waals surface area contributed by atoms with E-state index < -0.39 is 18.4 Å². The van der Waals surface area contributed by atoms with Gasteiger partial charge in [-0.05, 0) is 12.3 Å². The van der Waals surface area contributed by atoms with Gasteiger partial charge in [0.25, 0.3) is 0 Å². The molecule has 8 nitrogen and oxygen atoms in total. The van der Waals surface area contributed by atoms with E-state index in [0.29, 0.717) is 17.1 Å². The van der Waals surface area contributed by atoms with Crippen molar-refractivity contribution < 1.29 is 14.9 Å². The summed E-state index contributed by atoms with van der Waals surface area (Å²) in [5.74, 6) is 0.884. The molecule has 1 saturated carbocycles. The third kappa shape index (κ3) is 2.06. The third-order valence-corrected chi connectivity index (χ3v) is 4.26. The molecular weight excluding hydrogens is 274 g/mol. The number of nitrogens with zero attached hydrogens (tertiary/aromatic N) is 4. The Hall–Kier alpha value is -1.77. The maximum atomic E-state index is 10.3. The number of fused-ring (bicyclic) bond motifs is 1. The van der Waals surface area contributed by atoms with Crippen LogP contribution in [0.3, 0.4) is 0 Å². The van der Waals surface area contributed by atoms with Crippen LogP contribution in [0.15, 0.2) is 12.7 Å². The first-order valence-electron chi connectivity index (χ1n) is 7.09. The Morgan fingerprint density at radius 2 is 2.05 bits per heavy atom. The monoisotopic (exact) mass is 291 g/mol. The standard InChI is InChI=1S/C13H17N5O3/c14-11-8-12(16-4-15-11)18(5-17-8)13-10(20)9(19)7(21-13)3-6-1-2-6/h4-7,9-10,13,19-20H,1-3H2,(H2,14,15,16)/t7-,9?,10+,13-/m1/s1. The summed E-state index contributed by atoms with van der Waals surface area (Å²) in [5, 5.41) is 20.4. The van der Waals surface area contributed by atoms with Crippen LogP contribution in [0.4, 0.5) is 5.82 Å².